The Balaban J connectivity index is 5.26. The summed E-state index contributed by atoms with van der Waals surface area (Å²) in [7, 11) is -9.92. The molecule has 5 atom stereocenters. The summed E-state index contributed by atoms with van der Waals surface area (Å²) in [6.07, 6.45) is 55.5. The van der Waals surface area contributed by atoms with E-state index in [2.05, 4.69) is 55.4 Å². The molecular formula is C80H156O17P2. The fourth-order valence-electron chi connectivity index (χ4n) is 12.3. The highest BCUT2D eigenvalue weighted by Crippen LogP contribution is 2.45. The lowest BCUT2D eigenvalue weighted by atomic mass is 10.0. The molecule has 0 saturated carbocycles. The highest BCUT2D eigenvalue weighted by Gasteiger charge is 2.30. The van der Waals surface area contributed by atoms with Crippen LogP contribution in [0.15, 0.2) is 0 Å². The molecule has 0 bridgehead atoms. The molecule has 0 aromatic carbocycles. The van der Waals surface area contributed by atoms with Crippen LogP contribution in [0.4, 0.5) is 0 Å². The third-order valence-electron chi connectivity index (χ3n) is 18.6. The molecule has 2 unspecified atom stereocenters. The van der Waals surface area contributed by atoms with Gasteiger partial charge in [-0.15, -0.1) is 0 Å². The SMILES string of the molecule is CC(C)CCCCCCCCCCCCCCCCCCC(=O)O[C@H](COC(=O)CCCCCCCCCCCCCCC(C)C)COP(=O)(O)OC[C@@H](O)COP(=O)(O)OC[C@@H](COC(=O)CCCCCCCCCCCC(C)C)OC(=O)CCCCCCCCCCCCC(C)C. The zero-order chi connectivity index (χ0) is 73.1. The number of hydrogen-bond acceptors (Lipinski definition) is 15. The second-order valence-corrected chi connectivity index (χ2v) is 33.6. The number of phosphoric acid groups is 2. The molecule has 19 heteroatoms. The van der Waals surface area contributed by atoms with Gasteiger partial charge in [-0.2, -0.15) is 0 Å². The monoisotopic (exact) mass is 1450 g/mol. The van der Waals surface area contributed by atoms with E-state index in [1.807, 2.05) is 0 Å². The molecule has 0 spiro atoms. The second-order valence-electron chi connectivity index (χ2n) is 30.7. The average Bonchev–Trinajstić information content (AvgIpc) is 0.939. The van der Waals surface area contributed by atoms with E-state index in [-0.39, 0.29) is 25.7 Å². The number of unbranched alkanes of at least 4 members (excludes halogenated alkanes) is 43. The third-order valence-corrected chi connectivity index (χ3v) is 20.5. The summed E-state index contributed by atoms with van der Waals surface area (Å²) >= 11 is 0. The summed E-state index contributed by atoms with van der Waals surface area (Å²) in [5.41, 5.74) is 0. The van der Waals surface area contributed by atoms with E-state index in [0.717, 1.165) is 114 Å². The second kappa shape index (κ2) is 69.1. The first kappa shape index (κ1) is 97.1. The highest BCUT2D eigenvalue weighted by molar-refractivity contribution is 7.47. The van der Waals surface area contributed by atoms with E-state index in [1.165, 1.54) is 212 Å². The molecule has 0 rings (SSSR count). The van der Waals surface area contributed by atoms with Crippen LogP contribution in [0.25, 0.3) is 0 Å². The lowest BCUT2D eigenvalue weighted by molar-refractivity contribution is -0.161. The van der Waals surface area contributed by atoms with Gasteiger partial charge in [0.15, 0.2) is 12.2 Å². The van der Waals surface area contributed by atoms with Gasteiger partial charge in [-0.1, -0.05) is 357 Å². The number of rotatable bonds is 77. The maximum absolute atomic E-state index is 13.1. The lowest BCUT2D eigenvalue weighted by Crippen LogP contribution is -2.30. The van der Waals surface area contributed by atoms with Gasteiger partial charge in [-0.05, 0) is 49.4 Å². The van der Waals surface area contributed by atoms with Crippen molar-refractivity contribution >= 4 is 39.5 Å². The first-order chi connectivity index (χ1) is 47.6. The number of phosphoric ester groups is 2. The van der Waals surface area contributed by atoms with Gasteiger partial charge in [0.1, 0.15) is 19.3 Å². The minimum absolute atomic E-state index is 0.105. The first-order valence-electron chi connectivity index (χ1n) is 41.2. The minimum Gasteiger partial charge on any atom is -0.462 e. The Labute approximate surface area is 607 Å². The van der Waals surface area contributed by atoms with Crippen molar-refractivity contribution in [1.29, 1.82) is 0 Å². The van der Waals surface area contributed by atoms with Crippen molar-refractivity contribution in [3.8, 4) is 0 Å². The van der Waals surface area contributed by atoms with E-state index in [4.69, 9.17) is 37.0 Å². The molecule has 0 amide bonds. The molecule has 0 saturated heterocycles. The highest BCUT2D eigenvalue weighted by atomic mass is 31.2. The van der Waals surface area contributed by atoms with Gasteiger partial charge in [0.05, 0.1) is 26.4 Å². The smallest absolute Gasteiger partial charge is 0.462 e. The molecule has 0 aliphatic rings. The summed E-state index contributed by atoms with van der Waals surface area (Å²) in [6.45, 7) is 14.3. The Morgan fingerprint density at radius 2 is 0.424 bits per heavy atom. The van der Waals surface area contributed by atoms with Crippen LogP contribution in [-0.4, -0.2) is 96.7 Å². The largest absolute Gasteiger partial charge is 0.472 e. The molecule has 0 radical (unpaired) electrons. The van der Waals surface area contributed by atoms with Crippen LogP contribution in [-0.2, 0) is 65.4 Å². The molecular weight excluding hydrogens is 1290 g/mol. The van der Waals surface area contributed by atoms with E-state index in [0.29, 0.717) is 25.7 Å². The fourth-order valence-corrected chi connectivity index (χ4v) is 13.8. The zero-order valence-electron chi connectivity index (χ0n) is 65.1. The van der Waals surface area contributed by atoms with Crippen molar-refractivity contribution in [2.75, 3.05) is 39.6 Å². The fraction of sp³-hybridized carbons (Fsp3) is 0.950. The van der Waals surface area contributed by atoms with Crippen LogP contribution >= 0.6 is 15.6 Å². The van der Waals surface area contributed by atoms with Gasteiger partial charge in [-0.3, -0.25) is 37.3 Å². The van der Waals surface area contributed by atoms with Crippen LogP contribution in [0.1, 0.15) is 409 Å². The Hall–Kier alpha value is -1.94. The van der Waals surface area contributed by atoms with Gasteiger partial charge in [0.2, 0.25) is 0 Å². The Morgan fingerprint density at radius 1 is 0.253 bits per heavy atom. The van der Waals surface area contributed by atoms with E-state index >= 15 is 0 Å². The van der Waals surface area contributed by atoms with Crippen LogP contribution < -0.4 is 0 Å². The number of carbonyl (C=O) groups is 4. The average molecular weight is 1450 g/mol. The maximum Gasteiger partial charge on any atom is 0.472 e. The molecule has 0 aromatic rings. The summed E-state index contributed by atoms with van der Waals surface area (Å²) in [5.74, 6) is 0.972. The summed E-state index contributed by atoms with van der Waals surface area (Å²) < 4.78 is 68.7. The van der Waals surface area contributed by atoms with Crippen LogP contribution in [0.5, 0.6) is 0 Å². The van der Waals surface area contributed by atoms with Crippen molar-refractivity contribution in [2.45, 2.75) is 427 Å². The van der Waals surface area contributed by atoms with Crippen molar-refractivity contribution in [2.24, 2.45) is 23.7 Å². The predicted octanol–water partition coefficient (Wildman–Crippen LogP) is 23.6. The Kier molecular flexibility index (Phi) is 67.8. The van der Waals surface area contributed by atoms with Crippen LogP contribution in [0.2, 0.25) is 0 Å². The zero-order valence-corrected chi connectivity index (χ0v) is 66.9. The molecule has 0 heterocycles. The van der Waals surface area contributed by atoms with Crippen LogP contribution in [0, 0.1) is 23.7 Å². The molecule has 0 aliphatic carbocycles. The van der Waals surface area contributed by atoms with Gasteiger partial charge in [-0.25, -0.2) is 9.13 Å². The minimum atomic E-state index is -4.96. The Bertz CT molecular complexity index is 1940. The van der Waals surface area contributed by atoms with Crippen molar-refractivity contribution < 1.29 is 80.2 Å². The molecule has 588 valence electrons. The maximum atomic E-state index is 13.1. The van der Waals surface area contributed by atoms with Gasteiger partial charge < -0.3 is 33.8 Å². The summed E-state index contributed by atoms with van der Waals surface area (Å²) in [6, 6.07) is 0. The van der Waals surface area contributed by atoms with E-state index < -0.39 is 97.5 Å². The third kappa shape index (κ3) is 74.1. The van der Waals surface area contributed by atoms with Gasteiger partial charge in [0, 0.05) is 25.7 Å². The van der Waals surface area contributed by atoms with Crippen LogP contribution in [0.3, 0.4) is 0 Å². The molecule has 0 aromatic heterocycles. The molecule has 17 nitrogen and oxygen atoms in total. The quantitative estimate of drug-likeness (QED) is 0.0222. The lowest BCUT2D eigenvalue weighted by Gasteiger charge is -2.21. The predicted molar refractivity (Wildman–Crippen MR) is 404 cm³/mol. The number of hydrogen-bond donors (Lipinski definition) is 3. The molecule has 0 aliphatic heterocycles. The standard InChI is InChI=1S/C80H156O17P2/c1-70(2)56-48-40-32-24-17-13-11-9-10-12-14-20-29-38-46-54-62-79(84)96-75(66-90-77(82)60-52-44-36-28-19-16-15-18-25-33-41-49-57-71(3)4)68-94-98(86,87)92-64-74(81)65-93-99(88,89)95-69-76(67-91-78(83)61-53-45-37-31-23-27-35-43-51-59-73(7)8)97-80(85)63-55-47-39-30-22-21-26-34-42-50-58-72(5)6/h70-76,81H,9-69H2,1-8H3,(H,86,87)(H,88,89)/t74-,75-,76-/m1/s1. The number of esters is 4. The summed E-state index contributed by atoms with van der Waals surface area (Å²) in [4.78, 5) is 73.0. The number of aliphatic hydroxyl groups is 1. The van der Waals surface area contributed by atoms with Crippen molar-refractivity contribution in [3.05, 3.63) is 0 Å². The van der Waals surface area contributed by atoms with Gasteiger partial charge >= 0.3 is 39.5 Å². The number of aliphatic hydroxyl groups excluding tert-OH is 1. The molecule has 3 N–H and O–H groups in total. The van der Waals surface area contributed by atoms with E-state index in [1.54, 1.807) is 0 Å². The van der Waals surface area contributed by atoms with Gasteiger partial charge in [0.25, 0.3) is 0 Å². The van der Waals surface area contributed by atoms with E-state index in [9.17, 15) is 43.2 Å². The topological polar surface area (TPSA) is 237 Å². The Morgan fingerprint density at radius 3 is 0.626 bits per heavy atom. The number of carbonyl (C=O) groups excluding carboxylic acids is 4. The molecule has 0 fully saturated rings. The van der Waals surface area contributed by atoms with Crippen molar-refractivity contribution in [1.82, 2.24) is 0 Å². The molecule has 99 heavy (non-hydrogen) atoms. The number of ether oxygens (including phenoxy) is 4. The normalized spacial score (nSPS) is 14.1. The van der Waals surface area contributed by atoms with Crippen molar-refractivity contribution in [3.63, 3.8) is 0 Å². The first-order valence-corrected chi connectivity index (χ1v) is 44.2. The summed E-state index contributed by atoms with van der Waals surface area (Å²) in [5, 5.41) is 10.6.